The van der Waals surface area contributed by atoms with E-state index in [1.807, 2.05) is 30.3 Å². The fourth-order valence-corrected chi connectivity index (χ4v) is 5.59. The molecule has 8 heteroatoms. The number of benzene rings is 2. The molecule has 38 heavy (non-hydrogen) atoms. The molecule has 0 aliphatic heterocycles. The summed E-state index contributed by atoms with van der Waals surface area (Å²) in [5.41, 5.74) is 4.93. The van der Waals surface area contributed by atoms with Crippen LogP contribution in [0.15, 0.2) is 54.9 Å². The summed E-state index contributed by atoms with van der Waals surface area (Å²) in [6.07, 6.45) is 7.17. The summed E-state index contributed by atoms with van der Waals surface area (Å²) in [6.45, 7) is 7.06. The van der Waals surface area contributed by atoms with E-state index in [4.69, 9.17) is 0 Å². The van der Waals surface area contributed by atoms with Gasteiger partial charge in [-0.05, 0) is 48.3 Å². The van der Waals surface area contributed by atoms with E-state index in [9.17, 15) is 10.5 Å². The Bertz CT molecular complexity index is 1580. The highest BCUT2D eigenvalue weighted by Gasteiger charge is 2.58. The van der Waals surface area contributed by atoms with Crippen molar-refractivity contribution in [2.75, 3.05) is 17.2 Å². The van der Waals surface area contributed by atoms with Crippen molar-refractivity contribution in [3.05, 3.63) is 77.2 Å². The molecule has 3 saturated carbocycles. The maximum Gasteiger partial charge on any atom is 0.109 e. The summed E-state index contributed by atoms with van der Waals surface area (Å²) in [5.74, 6) is 0.848. The number of aromatic nitrogens is 4. The van der Waals surface area contributed by atoms with Gasteiger partial charge in [0.1, 0.15) is 17.8 Å². The quantitative estimate of drug-likeness (QED) is 0.331. The van der Waals surface area contributed by atoms with E-state index in [1.165, 1.54) is 25.5 Å². The molecule has 0 saturated heterocycles. The number of hydrogen-bond acceptors (Lipinski definition) is 7. The van der Waals surface area contributed by atoms with Gasteiger partial charge in [-0.15, -0.1) is 5.10 Å². The first kappa shape index (κ1) is 23.9. The number of anilines is 2. The third-order valence-electron chi connectivity index (χ3n) is 7.75. The van der Waals surface area contributed by atoms with Gasteiger partial charge in [0.25, 0.3) is 0 Å². The number of pyridine rings is 1. The lowest BCUT2D eigenvalue weighted by atomic mass is 9.50. The lowest BCUT2D eigenvalue weighted by molar-refractivity contribution is -0.0989. The zero-order valence-electron chi connectivity index (χ0n) is 21.9. The number of hydrogen-bond donors (Lipinski definition) is 2. The first-order valence-electron chi connectivity index (χ1n) is 13.0. The van der Waals surface area contributed by atoms with Crippen molar-refractivity contribution in [1.29, 1.82) is 10.5 Å². The molecule has 3 aliphatic rings. The van der Waals surface area contributed by atoms with Crippen LogP contribution in [0.5, 0.6) is 0 Å². The Morgan fingerprint density at radius 1 is 1.08 bits per heavy atom. The molecule has 7 rings (SSSR count). The van der Waals surface area contributed by atoms with E-state index in [-0.39, 0.29) is 17.0 Å². The van der Waals surface area contributed by atoms with Gasteiger partial charge in [-0.2, -0.15) is 10.5 Å². The third kappa shape index (κ3) is 4.13. The Morgan fingerprint density at radius 2 is 1.82 bits per heavy atom. The minimum atomic E-state index is -0.264. The average Bonchev–Trinajstić information content (AvgIpc) is 3.32. The topological polar surface area (TPSA) is 115 Å². The molecule has 2 aromatic carbocycles. The fourth-order valence-electron chi connectivity index (χ4n) is 5.59. The molecule has 2 bridgehead atoms. The van der Waals surface area contributed by atoms with Crippen molar-refractivity contribution in [2.45, 2.75) is 51.6 Å². The highest BCUT2D eigenvalue weighted by atomic mass is 15.5. The largest absolute Gasteiger partial charge is 0.383 e. The molecule has 8 nitrogen and oxygen atoms in total. The highest BCUT2D eigenvalue weighted by Crippen LogP contribution is 2.62. The van der Waals surface area contributed by atoms with E-state index in [1.54, 1.807) is 0 Å². The maximum absolute atomic E-state index is 10.0. The molecule has 2 aromatic heterocycles. The highest BCUT2D eigenvalue weighted by molar-refractivity contribution is 5.99. The maximum atomic E-state index is 10.0. The van der Waals surface area contributed by atoms with Crippen LogP contribution in [0.25, 0.3) is 10.9 Å². The van der Waals surface area contributed by atoms with Gasteiger partial charge in [0.05, 0.1) is 40.1 Å². The first-order chi connectivity index (χ1) is 18.3. The van der Waals surface area contributed by atoms with Gasteiger partial charge >= 0.3 is 0 Å². The van der Waals surface area contributed by atoms with E-state index in [0.29, 0.717) is 28.9 Å². The van der Waals surface area contributed by atoms with Crippen molar-refractivity contribution in [3.63, 3.8) is 0 Å². The van der Waals surface area contributed by atoms with Crippen LogP contribution >= 0.6 is 0 Å². The van der Waals surface area contributed by atoms with Crippen molar-refractivity contribution in [2.24, 2.45) is 11.3 Å². The van der Waals surface area contributed by atoms with Crippen molar-refractivity contribution < 1.29 is 0 Å². The predicted octanol–water partition coefficient (Wildman–Crippen LogP) is 5.74. The minimum Gasteiger partial charge on any atom is -0.383 e. The van der Waals surface area contributed by atoms with Crippen LogP contribution in [0.1, 0.15) is 68.5 Å². The van der Waals surface area contributed by atoms with Gasteiger partial charge < -0.3 is 10.6 Å². The summed E-state index contributed by atoms with van der Waals surface area (Å²) in [4.78, 5) is 4.48. The normalized spacial score (nSPS) is 20.5. The van der Waals surface area contributed by atoms with E-state index in [2.05, 4.69) is 81.9 Å². The van der Waals surface area contributed by atoms with Crippen LogP contribution in [-0.4, -0.2) is 26.5 Å². The van der Waals surface area contributed by atoms with Crippen LogP contribution in [0.4, 0.5) is 11.4 Å². The molecule has 2 heterocycles. The number of fused-ring (bicyclic) bond motifs is 1. The lowest BCUT2D eigenvalue weighted by Crippen LogP contribution is -2.59. The Hall–Kier alpha value is -4.43. The summed E-state index contributed by atoms with van der Waals surface area (Å²) < 4.78 is 2.05. The molecule has 1 atom stereocenters. The average molecular weight is 503 g/mol. The summed E-state index contributed by atoms with van der Waals surface area (Å²) in [6, 6.07) is 18.2. The van der Waals surface area contributed by atoms with Gasteiger partial charge in [-0.3, -0.25) is 4.98 Å². The molecule has 0 amide bonds. The Balaban J connectivity index is 1.42. The molecular weight excluding hydrogens is 472 g/mol. The van der Waals surface area contributed by atoms with Gasteiger partial charge in [-0.25, -0.2) is 4.68 Å². The first-order valence-corrected chi connectivity index (χ1v) is 13.0. The predicted molar refractivity (Wildman–Crippen MR) is 146 cm³/mol. The molecular formula is C30H30N8. The lowest BCUT2D eigenvalue weighted by Gasteiger charge is -2.61. The van der Waals surface area contributed by atoms with E-state index < -0.39 is 0 Å². The van der Waals surface area contributed by atoms with Gasteiger partial charge in [0.15, 0.2) is 0 Å². The summed E-state index contributed by atoms with van der Waals surface area (Å²) in [5, 5.41) is 36.7. The molecule has 0 spiro atoms. The zero-order valence-corrected chi connectivity index (χ0v) is 21.9. The van der Waals surface area contributed by atoms with E-state index in [0.717, 1.165) is 28.2 Å². The number of nitrogens with one attached hydrogen (secondary N) is 2. The number of rotatable bonds is 7. The van der Waals surface area contributed by atoms with Gasteiger partial charge in [0, 0.05) is 23.8 Å². The molecule has 3 fully saturated rings. The van der Waals surface area contributed by atoms with Crippen LogP contribution in [-0.2, 0) is 5.54 Å². The second-order valence-corrected chi connectivity index (χ2v) is 11.9. The number of nitrogens with zero attached hydrogens (tertiary/aromatic N) is 6. The minimum absolute atomic E-state index is 0.000858. The smallest absolute Gasteiger partial charge is 0.109 e. The molecule has 1 unspecified atom stereocenters. The second-order valence-electron chi connectivity index (χ2n) is 11.9. The molecule has 190 valence electrons. The third-order valence-corrected chi connectivity index (χ3v) is 7.75. The SMILES string of the molecule is CC(C)(C)CNc1c(C#N)cnc2c(C#N)cc(NC(c3ccccc3)c3cn(C45CC(C4)C5)nn3)cc12. The Labute approximate surface area is 222 Å². The number of nitriles is 2. The molecule has 0 radical (unpaired) electrons. The standard InChI is InChI=1S/C30H30N8/c1-29(2,3)18-34-27-22(15-32)16-33-26-21(14-31)9-23(10-24(26)27)35-28(20-7-5-4-6-8-20)25-17-38(37-36-25)30-11-19(12-30)13-30/h4-10,16-17,19,28,35H,11-13,18H2,1-3H3,(H,33,34). The van der Waals surface area contributed by atoms with Gasteiger partial charge in [-0.1, -0.05) is 56.3 Å². The summed E-state index contributed by atoms with van der Waals surface area (Å²) in [7, 11) is 0. The zero-order chi connectivity index (χ0) is 26.5. The van der Waals surface area contributed by atoms with Crippen LogP contribution in [0.3, 0.4) is 0 Å². The van der Waals surface area contributed by atoms with Crippen LogP contribution in [0, 0.1) is 34.0 Å². The Kier molecular flexibility index (Phi) is 5.57. The summed E-state index contributed by atoms with van der Waals surface area (Å²) >= 11 is 0. The van der Waals surface area contributed by atoms with Crippen LogP contribution in [0.2, 0.25) is 0 Å². The molecule has 2 N–H and O–H groups in total. The molecule has 3 aliphatic carbocycles. The van der Waals surface area contributed by atoms with Crippen LogP contribution < -0.4 is 10.6 Å². The Morgan fingerprint density at radius 3 is 2.45 bits per heavy atom. The fraction of sp³-hybridized carbons (Fsp3) is 0.367. The van der Waals surface area contributed by atoms with E-state index >= 15 is 0 Å². The monoisotopic (exact) mass is 502 g/mol. The van der Waals surface area contributed by atoms with Crippen molar-refractivity contribution in [3.8, 4) is 12.1 Å². The van der Waals surface area contributed by atoms with Crippen molar-refractivity contribution in [1.82, 2.24) is 20.0 Å². The molecule has 4 aromatic rings. The van der Waals surface area contributed by atoms with Crippen molar-refractivity contribution >= 4 is 22.3 Å². The van der Waals surface area contributed by atoms with Gasteiger partial charge in [0.2, 0.25) is 0 Å². The second kappa shape index (κ2) is 8.85.